The van der Waals surface area contributed by atoms with Crippen LogP contribution in [0.1, 0.15) is 0 Å². The molecule has 0 saturated carbocycles. The lowest BCUT2D eigenvalue weighted by molar-refractivity contribution is 0.592. The van der Waals surface area contributed by atoms with Gasteiger partial charge in [-0.05, 0) is 40.6 Å². The van der Waals surface area contributed by atoms with Crippen molar-refractivity contribution in [2.45, 2.75) is 0 Å². The van der Waals surface area contributed by atoms with Crippen LogP contribution < -0.4 is 15.9 Å². The molecule has 6 aromatic carbocycles. The van der Waals surface area contributed by atoms with Crippen molar-refractivity contribution in [1.82, 2.24) is 4.40 Å². The highest BCUT2D eigenvalue weighted by Gasteiger charge is 2.30. The molecule has 0 saturated heterocycles. The van der Waals surface area contributed by atoms with Crippen molar-refractivity contribution in [3.63, 3.8) is 0 Å². The summed E-state index contributed by atoms with van der Waals surface area (Å²) < 4.78 is 18.8. The van der Waals surface area contributed by atoms with Gasteiger partial charge in [-0.1, -0.05) is 121 Å². The second kappa shape index (κ2) is 9.06. The highest BCUT2D eigenvalue weighted by Crippen LogP contribution is 2.45. The zero-order valence-corrected chi connectivity index (χ0v) is 23.3. The number of nitrogens with zero attached hydrogens (tertiary/aromatic N) is 1. The minimum Gasteiger partial charge on any atom is -0.309 e. The fourth-order valence-electron chi connectivity index (χ4n) is 5.96. The molecule has 2 nitrogen and oxygen atoms in total. The number of fused-ring (bicyclic) bond motifs is 6. The Kier molecular flexibility index (Phi) is 5.31. The van der Waals surface area contributed by atoms with E-state index in [2.05, 4.69) is 101 Å². The maximum Gasteiger partial charge on any atom is 0.171 e. The molecule has 2 heterocycles. The molecule has 0 amide bonds. The molecule has 0 aliphatic rings. The van der Waals surface area contributed by atoms with Crippen LogP contribution in [0.5, 0.6) is 0 Å². The van der Waals surface area contributed by atoms with Gasteiger partial charge in [-0.15, -0.1) is 11.3 Å². The Hall–Kier alpha value is -4.43. The second-order valence-electron chi connectivity index (χ2n) is 10.1. The molecular formula is C36H24NOPS. The van der Waals surface area contributed by atoms with Gasteiger partial charge >= 0.3 is 0 Å². The molecule has 4 heteroatoms. The number of thiazole rings is 1. The quantitative estimate of drug-likeness (QED) is 0.201. The maximum absolute atomic E-state index is 15.2. The second-order valence-corrected chi connectivity index (χ2v) is 13.9. The largest absolute Gasteiger partial charge is 0.309 e. The number of aromatic nitrogens is 1. The summed E-state index contributed by atoms with van der Waals surface area (Å²) in [5, 5.41) is 6.02. The van der Waals surface area contributed by atoms with Crippen LogP contribution in [-0.2, 0) is 4.57 Å². The molecule has 190 valence electrons. The maximum atomic E-state index is 15.2. The molecule has 0 fully saturated rings. The molecule has 0 spiro atoms. The van der Waals surface area contributed by atoms with Gasteiger partial charge in [-0.25, -0.2) is 0 Å². The van der Waals surface area contributed by atoms with E-state index in [9.17, 15) is 0 Å². The van der Waals surface area contributed by atoms with E-state index in [-0.39, 0.29) is 0 Å². The molecule has 0 radical (unpaired) electrons. The van der Waals surface area contributed by atoms with E-state index in [0.29, 0.717) is 0 Å². The minimum atomic E-state index is -3.10. The Bertz CT molecular complexity index is 2240. The summed E-state index contributed by atoms with van der Waals surface area (Å²) in [4.78, 5) is 1.23. The average Bonchev–Trinajstić information content (AvgIpc) is 3.55. The van der Waals surface area contributed by atoms with E-state index in [4.69, 9.17) is 0 Å². The fraction of sp³-hybridized carbons (Fsp3) is 0. The SMILES string of the molecule is O=P(c1ccccc1)(c1ccc(-c2c3ccccc3n3c2sc2ccccc23)cc1)c1ccc2ccccc2c1. The van der Waals surface area contributed by atoms with Crippen molar-refractivity contribution in [3.8, 4) is 11.1 Å². The van der Waals surface area contributed by atoms with E-state index >= 15 is 4.57 Å². The summed E-state index contributed by atoms with van der Waals surface area (Å²) in [6, 6.07) is 50.0. The number of hydrogen-bond donors (Lipinski definition) is 0. The van der Waals surface area contributed by atoms with Crippen LogP contribution in [0.15, 0.2) is 146 Å². The molecule has 0 aliphatic carbocycles. The Morgan fingerprint density at radius 2 is 1.15 bits per heavy atom. The smallest absolute Gasteiger partial charge is 0.171 e. The van der Waals surface area contributed by atoms with Crippen molar-refractivity contribution < 1.29 is 4.57 Å². The van der Waals surface area contributed by atoms with Gasteiger partial charge in [0.2, 0.25) is 0 Å². The van der Waals surface area contributed by atoms with Gasteiger partial charge < -0.3 is 4.57 Å². The van der Waals surface area contributed by atoms with Crippen molar-refractivity contribution in [1.29, 1.82) is 0 Å². The van der Waals surface area contributed by atoms with Crippen molar-refractivity contribution >= 4 is 71.1 Å². The highest BCUT2D eigenvalue weighted by molar-refractivity contribution is 7.85. The summed E-state index contributed by atoms with van der Waals surface area (Å²) in [6.45, 7) is 0. The Balaban J connectivity index is 1.33. The summed E-state index contributed by atoms with van der Waals surface area (Å²) in [7, 11) is -3.10. The molecule has 8 aromatic rings. The standard InChI is InChI=1S/C36H24NOPS/c38-39(28-12-2-1-3-13-28,30-23-18-25-10-4-5-11-27(25)24-30)29-21-19-26(20-22-29)35-31-14-6-7-15-32(31)37-33-16-8-9-17-34(33)40-36(35)37/h1-24H. The van der Waals surface area contributed by atoms with E-state index in [1.807, 2.05) is 59.9 Å². The Morgan fingerprint density at radius 1 is 0.525 bits per heavy atom. The van der Waals surface area contributed by atoms with Crippen molar-refractivity contribution in [2.24, 2.45) is 0 Å². The van der Waals surface area contributed by atoms with Crippen LogP contribution in [0.25, 0.3) is 47.8 Å². The van der Waals surface area contributed by atoms with Gasteiger partial charge in [0.1, 0.15) is 4.83 Å². The number of benzene rings is 6. The predicted molar refractivity (Wildman–Crippen MR) is 173 cm³/mol. The van der Waals surface area contributed by atoms with Gasteiger partial charge in [0.05, 0.1) is 15.7 Å². The monoisotopic (exact) mass is 549 g/mol. The van der Waals surface area contributed by atoms with E-state index in [0.717, 1.165) is 32.2 Å². The van der Waals surface area contributed by atoms with Crippen LogP contribution in [0, 0.1) is 0 Å². The summed E-state index contributed by atoms with van der Waals surface area (Å²) in [5.74, 6) is 0. The van der Waals surface area contributed by atoms with Gasteiger partial charge in [-0.2, -0.15) is 0 Å². The molecule has 0 bridgehead atoms. The first-order chi connectivity index (χ1) is 19.7. The summed E-state index contributed by atoms with van der Waals surface area (Å²) in [6.07, 6.45) is 0. The molecular weight excluding hydrogens is 525 g/mol. The van der Waals surface area contributed by atoms with E-state index in [1.54, 1.807) is 0 Å². The third kappa shape index (κ3) is 3.45. The molecule has 8 rings (SSSR count). The molecule has 0 aliphatic heterocycles. The van der Waals surface area contributed by atoms with Crippen molar-refractivity contribution in [2.75, 3.05) is 0 Å². The van der Waals surface area contributed by atoms with Gasteiger partial charge in [-0.3, -0.25) is 4.40 Å². The first-order valence-corrected chi connectivity index (χ1v) is 15.9. The van der Waals surface area contributed by atoms with Crippen LogP contribution in [-0.4, -0.2) is 4.40 Å². The topological polar surface area (TPSA) is 21.5 Å². The number of rotatable bonds is 4. The average molecular weight is 550 g/mol. The van der Waals surface area contributed by atoms with E-state index < -0.39 is 7.14 Å². The third-order valence-electron chi connectivity index (χ3n) is 7.88. The molecule has 40 heavy (non-hydrogen) atoms. The van der Waals surface area contributed by atoms with Crippen molar-refractivity contribution in [3.05, 3.63) is 146 Å². The lowest BCUT2D eigenvalue weighted by Crippen LogP contribution is -2.25. The normalized spacial score (nSPS) is 13.3. The fourth-order valence-corrected chi connectivity index (χ4v) is 9.86. The molecule has 2 aromatic heterocycles. The Morgan fingerprint density at radius 3 is 1.98 bits per heavy atom. The van der Waals surface area contributed by atoms with Crippen LogP contribution in [0.2, 0.25) is 0 Å². The highest BCUT2D eigenvalue weighted by atomic mass is 32.1. The van der Waals surface area contributed by atoms with Crippen LogP contribution in [0.4, 0.5) is 0 Å². The number of hydrogen-bond acceptors (Lipinski definition) is 2. The van der Waals surface area contributed by atoms with Gasteiger partial charge in [0, 0.05) is 26.9 Å². The minimum absolute atomic E-state index is 0.842. The molecule has 1 unspecified atom stereocenters. The third-order valence-corrected chi connectivity index (χ3v) is 12.1. The first-order valence-electron chi connectivity index (χ1n) is 13.4. The van der Waals surface area contributed by atoms with E-state index in [1.165, 1.54) is 31.5 Å². The first kappa shape index (κ1) is 23.5. The zero-order valence-electron chi connectivity index (χ0n) is 21.6. The molecule has 0 N–H and O–H groups in total. The lowest BCUT2D eigenvalue weighted by atomic mass is 10.1. The number of para-hydroxylation sites is 2. The van der Waals surface area contributed by atoms with Crippen LogP contribution >= 0.6 is 18.5 Å². The summed E-state index contributed by atoms with van der Waals surface area (Å²) in [5.41, 5.74) is 4.79. The van der Waals surface area contributed by atoms with Crippen LogP contribution in [0.3, 0.4) is 0 Å². The Labute approximate surface area is 236 Å². The zero-order chi connectivity index (χ0) is 26.7. The summed E-state index contributed by atoms with van der Waals surface area (Å²) >= 11 is 1.82. The lowest BCUT2D eigenvalue weighted by Gasteiger charge is -2.21. The van der Waals surface area contributed by atoms with Gasteiger partial charge in [0.25, 0.3) is 0 Å². The predicted octanol–water partition coefficient (Wildman–Crippen LogP) is 8.77. The molecule has 1 atom stereocenters. The van der Waals surface area contributed by atoms with Gasteiger partial charge in [0.15, 0.2) is 7.14 Å².